The van der Waals surface area contributed by atoms with E-state index in [-0.39, 0.29) is 0 Å². The highest BCUT2D eigenvalue weighted by atomic mass is 16.5. The summed E-state index contributed by atoms with van der Waals surface area (Å²) in [5.41, 5.74) is 2.93. The average molecular weight is 281 g/mol. The molecule has 3 rings (SSSR count). The van der Waals surface area contributed by atoms with Crippen LogP contribution in [0.25, 0.3) is 11.5 Å². The standard InChI is InChI=1S/C15H15N5O/c1-11-2-4-12(5-3-11)17-7-6-14-19-15(20-21-14)13-10-16-8-9-18-13/h2-5,8-10,17H,6-7H2,1H3. The maximum absolute atomic E-state index is 5.21. The number of anilines is 1. The predicted octanol–water partition coefficient (Wildman–Crippen LogP) is 2.49. The zero-order valence-corrected chi connectivity index (χ0v) is 11.7. The number of benzene rings is 1. The first-order valence-corrected chi connectivity index (χ1v) is 6.71. The lowest BCUT2D eigenvalue weighted by atomic mass is 10.2. The molecule has 0 bridgehead atoms. The molecule has 106 valence electrons. The van der Waals surface area contributed by atoms with E-state index < -0.39 is 0 Å². The van der Waals surface area contributed by atoms with Gasteiger partial charge in [-0.2, -0.15) is 4.98 Å². The molecule has 0 spiro atoms. The average Bonchev–Trinajstić information content (AvgIpc) is 2.99. The summed E-state index contributed by atoms with van der Waals surface area (Å²) in [4.78, 5) is 12.4. The third-order valence-corrected chi connectivity index (χ3v) is 2.98. The van der Waals surface area contributed by atoms with Gasteiger partial charge in [-0.15, -0.1) is 0 Å². The van der Waals surface area contributed by atoms with Gasteiger partial charge in [-0.25, -0.2) is 4.98 Å². The van der Waals surface area contributed by atoms with Gasteiger partial charge in [-0.1, -0.05) is 22.9 Å². The quantitative estimate of drug-likeness (QED) is 0.774. The van der Waals surface area contributed by atoms with Crippen molar-refractivity contribution in [2.24, 2.45) is 0 Å². The molecule has 21 heavy (non-hydrogen) atoms. The number of aryl methyl sites for hydroxylation is 1. The Kier molecular flexibility index (Phi) is 3.86. The van der Waals surface area contributed by atoms with Crippen molar-refractivity contribution < 1.29 is 4.52 Å². The summed E-state index contributed by atoms with van der Waals surface area (Å²) >= 11 is 0. The van der Waals surface area contributed by atoms with Crippen LogP contribution >= 0.6 is 0 Å². The van der Waals surface area contributed by atoms with E-state index in [0.717, 1.165) is 12.2 Å². The molecular formula is C15H15N5O. The second kappa shape index (κ2) is 6.13. The van der Waals surface area contributed by atoms with Crippen molar-refractivity contribution in [3.63, 3.8) is 0 Å². The molecule has 6 nitrogen and oxygen atoms in total. The van der Waals surface area contributed by atoms with Crippen molar-refractivity contribution in [1.82, 2.24) is 20.1 Å². The maximum Gasteiger partial charge on any atom is 0.228 e. The Morgan fingerprint density at radius 3 is 2.76 bits per heavy atom. The van der Waals surface area contributed by atoms with Crippen LogP contribution in [0.2, 0.25) is 0 Å². The minimum atomic E-state index is 0.466. The maximum atomic E-state index is 5.21. The first-order chi connectivity index (χ1) is 10.3. The normalized spacial score (nSPS) is 10.5. The molecule has 0 aliphatic heterocycles. The van der Waals surface area contributed by atoms with Gasteiger partial charge in [0.2, 0.25) is 11.7 Å². The zero-order chi connectivity index (χ0) is 14.5. The van der Waals surface area contributed by atoms with Crippen LogP contribution < -0.4 is 5.32 Å². The summed E-state index contributed by atoms with van der Waals surface area (Å²) in [6.07, 6.45) is 5.47. The summed E-state index contributed by atoms with van der Waals surface area (Å²) in [5.74, 6) is 1.05. The summed E-state index contributed by atoms with van der Waals surface area (Å²) in [5, 5.41) is 7.22. The first kappa shape index (κ1) is 13.2. The van der Waals surface area contributed by atoms with Gasteiger partial charge < -0.3 is 9.84 Å². The Labute approximate surface area is 122 Å². The lowest BCUT2D eigenvalue weighted by molar-refractivity contribution is 0.381. The van der Waals surface area contributed by atoms with Gasteiger partial charge in [0.15, 0.2) is 0 Å². The van der Waals surface area contributed by atoms with Crippen LogP contribution in [0, 0.1) is 6.92 Å². The van der Waals surface area contributed by atoms with Crippen LogP contribution in [0.4, 0.5) is 5.69 Å². The lowest BCUT2D eigenvalue weighted by Crippen LogP contribution is -2.04. The van der Waals surface area contributed by atoms with Crippen molar-refractivity contribution in [1.29, 1.82) is 0 Å². The van der Waals surface area contributed by atoms with Gasteiger partial charge >= 0.3 is 0 Å². The number of nitrogens with one attached hydrogen (secondary N) is 1. The Morgan fingerprint density at radius 1 is 1.14 bits per heavy atom. The topological polar surface area (TPSA) is 76.7 Å². The number of hydrogen-bond donors (Lipinski definition) is 1. The molecule has 0 atom stereocenters. The smallest absolute Gasteiger partial charge is 0.228 e. The number of aromatic nitrogens is 4. The number of nitrogens with zero attached hydrogens (tertiary/aromatic N) is 4. The number of hydrogen-bond acceptors (Lipinski definition) is 6. The van der Waals surface area contributed by atoms with Crippen LogP contribution in [-0.4, -0.2) is 26.7 Å². The van der Waals surface area contributed by atoms with Crippen molar-refractivity contribution >= 4 is 5.69 Å². The minimum absolute atomic E-state index is 0.466. The van der Waals surface area contributed by atoms with Crippen LogP contribution in [-0.2, 0) is 6.42 Å². The van der Waals surface area contributed by atoms with Gasteiger partial charge in [0, 0.05) is 31.0 Å². The monoisotopic (exact) mass is 281 g/mol. The highest BCUT2D eigenvalue weighted by molar-refractivity contribution is 5.46. The lowest BCUT2D eigenvalue weighted by Gasteiger charge is -2.04. The Bertz CT molecular complexity index is 694. The summed E-state index contributed by atoms with van der Waals surface area (Å²) in [7, 11) is 0. The molecule has 0 radical (unpaired) electrons. The predicted molar refractivity (Wildman–Crippen MR) is 78.7 cm³/mol. The van der Waals surface area contributed by atoms with Crippen molar-refractivity contribution in [3.05, 3.63) is 54.3 Å². The fraction of sp³-hybridized carbons (Fsp3) is 0.200. The van der Waals surface area contributed by atoms with Gasteiger partial charge in [-0.05, 0) is 19.1 Å². The largest absolute Gasteiger partial charge is 0.385 e. The first-order valence-electron chi connectivity index (χ1n) is 6.71. The van der Waals surface area contributed by atoms with Crippen LogP contribution in [0.1, 0.15) is 11.5 Å². The van der Waals surface area contributed by atoms with Crippen LogP contribution in [0.15, 0.2) is 47.4 Å². The van der Waals surface area contributed by atoms with E-state index in [1.54, 1.807) is 18.6 Å². The highest BCUT2D eigenvalue weighted by Gasteiger charge is 2.09. The molecule has 0 unspecified atom stereocenters. The molecule has 0 aliphatic carbocycles. The van der Waals surface area contributed by atoms with E-state index in [0.29, 0.717) is 23.8 Å². The molecule has 6 heteroatoms. The third kappa shape index (κ3) is 3.42. The fourth-order valence-corrected chi connectivity index (χ4v) is 1.86. The molecule has 3 aromatic rings. The third-order valence-electron chi connectivity index (χ3n) is 2.98. The molecule has 1 aromatic carbocycles. The summed E-state index contributed by atoms with van der Waals surface area (Å²) in [6, 6.07) is 8.24. The van der Waals surface area contributed by atoms with E-state index in [2.05, 4.69) is 44.5 Å². The van der Waals surface area contributed by atoms with Gasteiger partial charge in [0.1, 0.15) is 5.69 Å². The Morgan fingerprint density at radius 2 is 2.00 bits per heavy atom. The SMILES string of the molecule is Cc1ccc(NCCc2nc(-c3cnccn3)no2)cc1. The van der Waals surface area contributed by atoms with E-state index in [1.807, 2.05) is 12.1 Å². The highest BCUT2D eigenvalue weighted by Crippen LogP contribution is 2.12. The molecule has 0 saturated heterocycles. The molecule has 0 amide bonds. The number of rotatable bonds is 5. The van der Waals surface area contributed by atoms with Crippen LogP contribution in [0.3, 0.4) is 0 Å². The van der Waals surface area contributed by atoms with Gasteiger partial charge in [0.25, 0.3) is 0 Å². The van der Waals surface area contributed by atoms with E-state index in [9.17, 15) is 0 Å². The second-order valence-corrected chi connectivity index (χ2v) is 4.65. The van der Waals surface area contributed by atoms with Crippen molar-refractivity contribution in [3.8, 4) is 11.5 Å². The summed E-state index contributed by atoms with van der Waals surface area (Å²) < 4.78 is 5.21. The van der Waals surface area contributed by atoms with Gasteiger partial charge in [-0.3, -0.25) is 4.98 Å². The van der Waals surface area contributed by atoms with Crippen molar-refractivity contribution in [2.75, 3.05) is 11.9 Å². The molecule has 0 fully saturated rings. The van der Waals surface area contributed by atoms with E-state index >= 15 is 0 Å². The molecule has 2 heterocycles. The minimum Gasteiger partial charge on any atom is -0.385 e. The Balaban J connectivity index is 1.57. The molecule has 0 saturated carbocycles. The molecule has 0 aliphatic rings. The van der Waals surface area contributed by atoms with E-state index in [1.165, 1.54) is 5.56 Å². The second-order valence-electron chi connectivity index (χ2n) is 4.65. The van der Waals surface area contributed by atoms with Gasteiger partial charge in [0.05, 0.1) is 6.20 Å². The van der Waals surface area contributed by atoms with Crippen LogP contribution in [0.5, 0.6) is 0 Å². The fourth-order valence-electron chi connectivity index (χ4n) is 1.86. The zero-order valence-electron chi connectivity index (χ0n) is 11.7. The summed E-state index contributed by atoms with van der Waals surface area (Å²) in [6.45, 7) is 2.79. The van der Waals surface area contributed by atoms with Crippen molar-refractivity contribution in [2.45, 2.75) is 13.3 Å². The molecule has 1 N–H and O–H groups in total. The molecular weight excluding hydrogens is 266 g/mol. The Hall–Kier alpha value is -2.76. The molecule has 2 aromatic heterocycles. The van der Waals surface area contributed by atoms with E-state index in [4.69, 9.17) is 4.52 Å².